The molecule has 0 radical (unpaired) electrons. The quantitative estimate of drug-likeness (QED) is 0.499. The van der Waals surface area contributed by atoms with E-state index < -0.39 is 29.1 Å². The van der Waals surface area contributed by atoms with Crippen molar-refractivity contribution >= 4 is 23.6 Å². The van der Waals surface area contributed by atoms with Crippen molar-refractivity contribution in [3.05, 3.63) is 53.1 Å². The van der Waals surface area contributed by atoms with E-state index in [2.05, 4.69) is 5.32 Å². The normalized spacial score (nSPS) is 18.5. The zero-order valence-corrected chi connectivity index (χ0v) is 22.3. The van der Waals surface area contributed by atoms with Crippen molar-refractivity contribution in [2.45, 2.75) is 44.4 Å². The van der Waals surface area contributed by atoms with Gasteiger partial charge in [-0.1, -0.05) is 26.0 Å². The lowest BCUT2D eigenvalue weighted by molar-refractivity contribution is -0.137. The third kappa shape index (κ3) is 6.08. The number of rotatable bonds is 8. The molecule has 2 aromatic rings. The van der Waals surface area contributed by atoms with Crippen LogP contribution in [0, 0.1) is 5.92 Å². The van der Waals surface area contributed by atoms with Crippen LogP contribution in [0.15, 0.2) is 36.4 Å². The molecule has 3 atom stereocenters. The summed E-state index contributed by atoms with van der Waals surface area (Å²) >= 11 is 1.32. The number of methoxy groups -OCH3 is 3. The van der Waals surface area contributed by atoms with Crippen molar-refractivity contribution in [3.8, 4) is 17.2 Å². The van der Waals surface area contributed by atoms with Gasteiger partial charge in [0.15, 0.2) is 11.5 Å². The largest absolute Gasteiger partial charge is 0.493 e. The van der Waals surface area contributed by atoms with Crippen molar-refractivity contribution in [2.24, 2.45) is 5.92 Å². The summed E-state index contributed by atoms with van der Waals surface area (Å²) in [7, 11) is 4.29. The number of thioether (sulfide) groups is 1. The smallest absolute Gasteiger partial charge is 0.416 e. The van der Waals surface area contributed by atoms with Crippen molar-refractivity contribution in [2.75, 3.05) is 27.1 Å². The first-order chi connectivity index (χ1) is 17.4. The number of amides is 2. The molecule has 202 valence electrons. The lowest BCUT2D eigenvalue weighted by Gasteiger charge is -2.31. The van der Waals surface area contributed by atoms with Gasteiger partial charge in [0.05, 0.1) is 26.9 Å². The molecular weight excluding hydrogens is 509 g/mol. The van der Waals surface area contributed by atoms with Gasteiger partial charge >= 0.3 is 6.18 Å². The minimum Gasteiger partial charge on any atom is -0.493 e. The number of alkyl halides is 3. The Balaban J connectivity index is 2.05. The molecule has 1 aliphatic rings. The monoisotopic (exact) mass is 540 g/mol. The molecule has 1 saturated heterocycles. The van der Waals surface area contributed by atoms with Crippen molar-refractivity contribution < 1.29 is 37.0 Å². The third-order valence-electron chi connectivity index (χ3n) is 6.34. The van der Waals surface area contributed by atoms with Crippen LogP contribution in [0.4, 0.5) is 13.2 Å². The Kier molecular flexibility index (Phi) is 8.88. The van der Waals surface area contributed by atoms with E-state index in [0.29, 0.717) is 11.3 Å². The highest BCUT2D eigenvalue weighted by atomic mass is 32.2. The number of nitrogens with zero attached hydrogens (tertiary/aromatic N) is 1. The summed E-state index contributed by atoms with van der Waals surface area (Å²) in [4.78, 5) is 28.6. The maximum atomic E-state index is 13.9. The summed E-state index contributed by atoms with van der Waals surface area (Å²) in [5, 5.41) is 2.28. The van der Waals surface area contributed by atoms with Gasteiger partial charge in [0.1, 0.15) is 11.4 Å². The number of ether oxygens (including phenoxy) is 3. The number of nitrogens with one attached hydrogen (secondary N) is 1. The van der Waals surface area contributed by atoms with Crippen molar-refractivity contribution in [1.82, 2.24) is 10.2 Å². The number of benzene rings is 2. The van der Waals surface area contributed by atoms with Crippen molar-refractivity contribution in [3.63, 3.8) is 0 Å². The molecule has 2 amide bonds. The molecule has 3 rings (SSSR count). The maximum absolute atomic E-state index is 13.9. The molecule has 7 nitrogen and oxygen atoms in total. The van der Waals surface area contributed by atoms with Crippen LogP contribution in [-0.4, -0.2) is 55.9 Å². The summed E-state index contributed by atoms with van der Waals surface area (Å²) in [6, 6.07) is 6.63. The minimum absolute atomic E-state index is 0.138. The number of halogens is 3. The highest BCUT2D eigenvalue weighted by Crippen LogP contribution is 2.45. The first-order valence-electron chi connectivity index (χ1n) is 11.6. The zero-order valence-electron chi connectivity index (χ0n) is 21.5. The molecule has 2 aromatic carbocycles. The Morgan fingerprint density at radius 1 is 1.00 bits per heavy atom. The highest BCUT2D eigenvalue weighted by molar-refractivity contribution is 7.99. The molecule has 37 heavy (non-hydrogen) atoms. The van der Waals surface area contributed by atoms with Crippen LogP contribution in [0.25, 0.3) is 0 Å². The Labute approximate surface area is 218 Å². The van der Waals surface area contributed by atoms with Crippen LogP contribution in [-0.2, 0) is 11.0 Å². The van der Waals surface area contributed by atoms with Gasteiger partial charge in [0, 0.05) is 17.4 Å². The van der Waals surface area contributed by atoms with Gasteiger partial charge in [-0.15, -0.1) is 11.8 Å². The fourth-order valence-electron chi connectivity index (χ4n) is 3.89. The topological polar surface area (TPSA) is 77.1 Å². The molecule has 0 aromatic heterocycles. The second-order valence-electron chi connectivity index (χ2n) is 8.99. The van der Waals surface area contributed by atoms with Crippen LogP contribution in [0.1, 0.15) is 47.6 Å². The van der Waals surface area contributed by atoms with E-state index >= 15 is 0 Å². The summed E-state index contributed by atoms with van der Waals surface area (Å²) in [6.07, 6.45) is -4.48. The number of hydrogen-bond donors (Lipinski definition) is 1. The van der Waals surface area contributed by atoms with Crippen LogP contribution >= 0.6 is 11.8 Å². The summed E-state index contributed by atoms with van der Waals surface area (Å²) in [6.45, 7) is 5.82. The molecule has 1 aliphatic heterocycles. The van der Waals surface area contributed by atoms with E-state index in [0.717, 1.165) is 12.1 Å². The Bertz CT molecular complexity index is 1100. The average Bonchev–Trinajstić information content (AvgIpc) is 3.32. The fraction of sp³-hybridized carbons (Fsp3) is 0.462. The summed E-state index contributed by atoms with van der Waals surface area (Å²) in [5.74, 6) is 0.448. The van der Waals surface area contributed by atoms with Gasteiger partial charge in [-0.2, -0.15) is 13.2 Å². The SMILES string of the molecule is COc1cc(C(=O)N2C(C(=O)NC(C)C(C)C)CSC2c2ccc(C(F)(F)F)cc2)cc(OC)c1OC. The highest BCUT2D eigenvalue weighted by Gasteiger charge is 2.43. The van der Waals surface area contributed by atoms with Crippen molar-refractivity contribution in [1.29, 1.82) is 0 Å². The first-order valence-corrected chi connectivity index (χ1v) is 12.7. The van der Waals surface area contributed by atoms with Crippen LogP contribution in [0.5, 0.6) is 17.2 Å². The second kappa shape index (κ2) is 11.5. The molecule has 0 bridgehead atoms. The van der Waals surface area contributed by atoms with Gasteiger partial charge in [-0.25, -0.2) is 0 Å². The molecule has 1 fully saturated rings. The molecule has 0 spiro atoms. The fourth-order valence-corrected chi connectivity index (χ4v) is 5.32. The molecule has 11 heteroatoms. The standard InChI is InChI=1S/C26H31F3N2O5S/c1-14(2)15(3)30-23(32)19-13-37-25(16-7-9-18(10-8-16)26(27,28)29)31(19)24(33)17-11-20(34-4)22(36-6)21(12-17)35-5/h7-12,14-15,19,25H,13H2,1-6H3,(H,30,32). The van der Waals surface area contributed by atoms with E-state index in [9.17, 15) is 22.8 Å². The predicted molar refractivity (Wildman–Crippen MR) is 135 cm³/mol. The number of carbonyl (C=O) groups is 2. The van der Waals surface area contributed by atoms with E-state index in [1.54, 1.807) is 0 Å². The maximum Gasteiger partial charge on any atom is 0.416 e. The van der Waals surface area contributed by atoms with E-state index in [1.165, 1.54) is 62.3 Å². The van der Waals surface area contributed by atoms with Gasteiger partial charge in [-0.3, -0.25) is 9.59 Å². The van der Waals surface area contributed by atoms with Gasteiger partial charge in [0.2, 0.25) is 11.7 Å². The van der Waals surface area contributed by atoms with Gasteiger partial charge in [-0.05, 0) is 42.7 Å². The zero-order chi connectivity index (χ0) is 27.5. The van der Waals surface area contributed by atoms with Crippen LogP contribution < -0.4 is 19.5 Å². The molecule has 0 aliphatic carbocycles. The average molecular weight is 541 g/mol. The number of carbonyl (C=O) groups excluding carboxylic acids is 2. The minimum atomic E-state index is -4.48. The summed E-state index contributed by atoms with van der Waals surface area (Å²) < 4.78 is 55.5. The Morgan fingerprint density at radius 3 is 2.03 bits per heavy atom. The molecule has 3 unspecified atom stereocenters. The lowest BCUT2D eigenvalue weighted by atomic mass is 10.0. The van der Waals surface area contributed by atoms with E-state index in [1.807, 2.05) is 20.8 Å². The predicted octanol–water partition coefficient (Wildman–Crippen LogP) is 5.15. The second-order valence-corrected chi connectivity index (χ2v) is 10.1. The first kappa shape index (κ1) is 28.5. The Hall–Kier alpha value is -3.08. The Morgan fingerprint density at radius 2 is 1.57 bits per heavy atom. The van der Waals surface area contributed by atoms with E-state index in [-0.39, 0.29) is 40.7 Å². The molecule has 1 N–H and O–H groups in total. The lowest BCUT2D eigenvalue weighted by Crippen LogP contribution is -2.50. The molecule has 0 saturated carbocycles. The molecular formula is C26H31F3N2O5S. The number of hydrogen-bond acceptors (Lipinski definition) is 6. The van der Waals surface area contributed by atoms with Gasteiger partial charge in [0.25, 0.3) is 5.91 Å². The summed E-state index contributed by atoms with van der Waals surface area (Å²) in [5.41, 5.74) is -0.128. The third-order valence-corrected chi connectivity index (χ3v) is 7.67. The van der Waals surface area contributed by atoms with Crippen LogP contribution in [0.3, 0.4) is 0 Å². The molecule has 1 heterocycles. The van der Waals surface area contributed by atoms with E-state index in [4.69, 9.17) is 14.2 Å². The van der Waals surface area contributed by atoms with Crippen LogP contribution in [0.2, 0.25) is 0 Å². The van der Waals surface area contributed by atoms with Gasteiger partial charge < -0.3 is 24.4 Å².